The fraction of sp³-hybridized carbons (Fsp3) is 0.375. The zero-order valence-electron chi connectivity index (χ0n) is 19.9. The molecule has 196 valence electrons. The van der Waals surface area contributed by atoms with Gasteiger partial charge in [-0.1, -0.05) is 11.6 Å². The van der Waals surface area contributed by atoms with Crippen LogP contribution in [0, 0.1) is 0 Å². The Morgan fingerprint density at radius 1 is 1.25 bits per heavy atom. The van der Waals surface area contributed by atoms with E-state index >= 15 is 0 Å². The molecule has 1 fully saturated rings. The Morgan fingerprint density at radius 2 is 2.00 bits per heavy atom. The van der Waals surface area contributed by atoms with Crippen molar-refractivity contribution in [3.05, 3.63) is 53.1 Å². The van der Waals surface area contributed by atoms with Gasteiger partial charge in [0.1, 0.15) is 0 Å². The Balaban J connectivity index is 0.00000253. The van der Waals surface area contributed by atoms with Crippen molar-refractivity contribution in [2.45, 2.75) is 30.7 Å². The van der Waals surface area contributed by atoms with Gasteiger partial charge < -0.3 is 20.4 Å². The Bertz CT molecular complexity index is 1280. The van der Waals surface area contributed by atoms with Crippen LogP contribution in [0.25, 0.3) is 0 Å². The van der Waals surface area contributed by atoms with E-state index < -0.39 is 10.0 Å². The van der Waals surface area contributed by atoms with Crippen LogP contribution in [0.15, 0.2) is 52.4 Å². The van der Waals surface area contributed by atoms with Gasteiger partial charge in [-0.25, -0.2) is 13.4 Å². The fourth-order valence-electron chi connectivity index (χ4n) is 4.73. The van der Waals surface area contributed by atoms with E-state index in [0.29, 0.717) is 26.2 Å². The molecule has 0 unspecified atom stereocenters. The van der Waals surface area contributed by atoms with Crippen molar-refractivity contribution in [1.82, 2.24) is 9.62 Å². The maximum absolute atomic E-state index is 13.2. The highest BCUT2D eigenvalue weighted by Crippen LogP contribution is 2.30. The lowest BCUT2D eigenvalue weighted by molar-refractivity contribution is -0.132. The maximum Gasteiger partial charge on any atom is 0.263 e. The van der Waals surface area contributed by atoms with E-state index in [1.165, 1.54) is 17.7 Å². The van der Waals surface area contributed by atoms with Crippen LogP contribution in [-0.2, 0) is 21.2 Å². The first kappa shape index (κ1) is 26.2. The number of anilines is 2. The van der Waals surface area contributed by atoms with E-state index in [1.807, 2.05) is 30.0 Å². The molecule has 2 aromatic carbocycles. The smallest absolute Gasteiger partial charge is 0.263 e. The van der Waals surface area contributed by atoms with Crippen molar-refractivity contribution < 1.29 is 16.1 Å². The first-order valence-corrected chi connectivity index (χ1v) is 13.9. The number of carbonyl (C=O) groups is 1. The average Bonchev–Trinajstić information content (AvgIpc) is 2.83. The number of hydrogen-bond acceptors (Lipinski definition) is 6. The van der Waals surface area contributed by atoms with E-state index in [4.69, 9.17) is 29.6 Å². The van der Waals surface area contributed by atoms with Crippen LogP contribution in [0.1, 0.15) is 21.8 Å². The van der Waals surface area contributed by atoms with Gasteiger partial charge in [0.05, 0.1) is 17.8 Å². The van der Waals surface area contributed by atoms with Gasteiger partial charge in [0, 0.05) is 51.5 Å². The summed E-state index contributed by atoms with van der Waals surface area (Å²) in [7, 11) is -3.84. The van der Waals surface area contributed by atoms with Crippen LogP contribution < -0.4 is 20.3 Å². The largest absolute Gasteiger partial charge is 0.390 e. The third-order valence-corrected chi connectivity index (χ3v) is 8.38. The Hall–Kier alpha value is -2.89. The molecular weight excluding hydrogens is 520 g/mol. The summed E-state index contributed by atoms with van der Waals surface area (Å²) in [6, 6.07) is 12.4. The lowest BCUT2D eigenvalue weighted by Gasteiger charge is -2.42. The van der Waals surface area contributed by atoms with Gasteiger partial charge in [0.25, 0.3) is 10.0 Å². The number of sulfonamides is 1. The number of halogens is 1. The molecule has 36 heavy (non-hydrogen) atoms. The molecule has 0 radical (unpaired) electrons. The van der Waals surface area contributed by atoms with E-state index in [-0.39, 0.29) is 24.8 Å². The Morgan fingerprint density at radius 3 is 2.69 bits per heavy atom. The topological polar surface area (TPSA) is 111 Å². The second kappa shape index (κ2) is 11.0. The molecule has 2 heterocycles. The SMILES string of the molecule is C[C@H]1CN(c2ccc(S(=O)(=O)NC(=S)N=CN)cc2)CCN1C(=O)CN1CCCc2cc(Cl)ccc21.[HH].[HH]. The van der Waals surface area contributed by atoms with Crippen molar-refractivity contribution in [1.29, 1.82) is 0 Å². The van der Waals surface area contributed by atoms with Crippen LogP contribution in [0.2, 0.25) is 5.02 Å². The monoisotopic (exact) mass is 552 g/mol. The summed E-state index contributed by atoms with van der Waals surface area (Å²) in [6.45, 7) is 5.13. The molecule has 0 bridgehead atoms. The predicted octanol–water partition coefficient (Wildman–Crippen LogP) is 2.87. The second-order valence-corrected chi connectivity index (χ2v) is 11.4. The first-order valence-electron chi connectivity index (χ1n) is 11.7. The molecule has 0 aromatic heterocycles. The van der Waals surface area contributed by atoms with Crippen molar-refractivity contribution in [3.8, 4) is 0 Å². The summed E-state index contributed by atoms with van der Waals surface area (Å²) in [4.78, 5) is 23.1. The van der Waals surface area contributed by atoms with Crippen LogP contribution in [-0.4, -0.2) is 69.4 Å². The standard InChI is InChI=1S/C24H29ClN6O3S2.2H2/c1-17-14-29(20-5-7-21(8-6-20)36(33,34)28-24(35)27-16-26)11-12-31(17)23(32)15-30-10-2-3-18-13-19(25)4-9-22(18)30;;/h4-9,13,16-17H,2-3,10-12,14-15H2,1H3,(H3,26,27,28,35);2*1H/t17-;;/m0../s1. The second-order valence-electron chi connectivity index (χ2n) is 8.86. The average molecular weight is 553 g/mol. The molecule has 0 saturated carbocycles. The lowest BCUT2D eigenvalue weighted by atomic mass is 10.0. The minimum absolute atomic E-state index is 0. The molecule has 1 amide bonds. The van der Waals surface area contributed by atoms with Gasteiger partial charge in [-0.3, -0.25) is 9.52 Å². The molecular formula is C24H33ClN6O3S2. The van der Waals surface area contributed by atoms with Gasteiger partial charge in [-0.15, -0.1) is 0 Å². The van der Waals surface area contributed by atoms with Crippen molar-refractivity contribution >= 4 is 62.6 Å². The van der Waals surface area contributed by atoms with Crippen LogP contribution >= 0.6 is 23.8 Å². The third kappa shape index (κ3) is 5.91. The number of fused-ring (bicyclic) bond motifs is 1. The number of piperazine rings is 1. The zero-order chi connectivity index (χ0) is 25.9. The number of rotatable bonds is 5. The van der Waals surface area contributed by atoms with E-state index in [9.17, 15) is 13.2 Å². The Kier molecular flexibility index (Phi) is 8.01. The van der Waals surface area contributed by atoms with Crippen molar-refractivity contribution in [2.24, 2.45) is 10.7 Å². The number of nitrogens with one attached hydrogen (secondary N) is 1. The number of carbonyl (C=O) groups excluding carboxylic acids is 1. The minimum Gasteiger partial charge on any atom is -0.390 e. The normalized spacial score (nSPS) is 18.3. The summed E-state index contributed by atoms with van der Waals surface area (Å²) >= 11 is 11.0. The quantitative estimate of drug-likeness (QED) is 0.333. The highest BCUT2D eigenvalue weighted by molar-refractivity contribution is 7.91. The van der Waals surface area contributed by atoms with E-state index in [1.54, 1.807) is 12.1 Å². The lowest BCUT2D eigenvalue weighted by Crippen LogP contribution is -2.56. The molecule has 3 N–H and O–H groups in total. The number of benzene rings is 2. The number of nitrogens with two attached hydrogens (primary N) is 1. The molecule has 1 saturated heterocycles. The minimum atomic E-state index is -3.84. The number of aryl methyl sites for hydroxylation is 1. The molecule has 2 aromatic rings. The summed E-state index contributed by atoms with van der Waals surface area (Å²) in [5.41, 5.74) is 8.31. The zero-order valence-corrected chi connectivity index (χ0v) is 22.3. The summed E-state index contributed by atoms with van der Waals surface area (Å²) in [5, 5.41) is 0.491. The molecule has 0 spiro atoms. The maximum atomic E-state index is 13.2. The van der Waals surface area contributed by atoms with Crippen LogP contribution in [0.3, 0.4) is 0 Å². The van der Waals surface area contributed by atoms with Gasteiger partial charge in [-0.05, 0) is 80.0 Å². The fourth-order valence-corrected chi connectivity index (χ4v) is 6.21. The van der Waals surface area contributed by atoms with Gasteiger partial charge in [0.2, 0.25) is 11.0 Å². The van der Waals surface area contributed by atoms with Crippen LogP contribution in [0.4, 0.5) is 11.4 Å². The van der Waals surface area contributed by atoms with E-state index in [0.717, 1.165) is 42.1 Å². The molecule has 0 aliphatic carbocycles. The number of nitrogens with zero attached hydrogens (tertiary/aromatic N) is 4. The summed E-state index contributed by atoms with van der Waals surface area (Å²) in [5.74, 6) is 0.105. The van der Waals surface area contributed by atoms with Crippen molar-refractivity contribution in [2.75, 3.05) is 42.5 Å². The number of aliphatic imine (C=N–C) groups is 1. The predicted molar refractivity (Wildman–Crippen MR) is 152 cm³/mol. The van der Waals surface area contributed by atoms with Gasteiger partial charge in [0.15, 0.2) is 0 Å². The van der Waals surface area contributed by atoms with E-state index in [2.05, 4.69) is 19.5 Å². The number of amides is 1. The molecule has 4 rings (SSSR count). The highest BCUT2D eigenvalue weighted by atomic mass is 35.5. The molecule has 2 aliphatic heterocycles. The number of hydrogen-bond donors (Lipinski definition) is 2. The summed E-state index contributed by atoms with van der Waals surface area (Å²) < 4.78 is 27.1. The highest BCUT2D eigenvalue weighted by Gasteiger charge is 2.30. The third-order valence-electron chi connectivity index (χ3n) is 6.46. The van der Waals surface area contributed by atoms with Gasteiger partial charge >= 0.3 is 0 Å². The first-order chi connectivity index (χ1) is 17.2. The molecule has 2 aliphatic rings. The van der Waals surface area contributed by atoms with Crippen molar-refractivity contribution in [3.63, 3.8) is 0 Å². The number of thiocarbonyl (C=S) groups is 1. The van der Waals surface area contributed by atoms with Gasteiger partial charge in [-0.2, -0.15) is 0 Å². The summed E-state index contributed by atoms with van der Waals surface area (Å²) in [6.07, 6.45) is 2.90. The Labute approximate surface area is 224 Å². The molecule has 1 atom stereocenters. The van der Waals surface area contributed by atoms with Crippen LogP contribution in [0.5, 0.6) is 0 Å². The molecule has 12 heteroatoms. The molecule has 9 nitrogen and oxygen atoms in total.